The zero-order valence-corrected chi connectivity index (χ0v) is 16.7. The Labute approximate surface area is 161 Å². The SMILES string of the molecule is CCN(CC)c1ccc(C=NCc2cc(OC)c(OC)cc2OC)c(O)c1. The maximum absolute atomic E-state index is 10.3. The smallest absolute Gasteiger partial charge is 0.164 e. The predicted octanol–water partition coefficient (Wildman–Crippen LogP) is 3.88. The highest BCUT2D eigenvalue weighted by atomic mass is 16.5. The van der Waals surface area contributed by atoms with Gasteiger partial charge in [-0.3, -0.25) is 4.99 Å². The van der Waals surface area contributed by atoms with Crippen molar-refractivity contribution in [3.05, 3.63) is 41.5 Å². The normalized spacial score (nSPS) is 10.9. The summed E-state index contributed by atoms with van der Waals surface area (Å²) in [4.78, 5) is 6.63. The molecule has 27 heavy (non-hydrogen) atoms. The Balaban J connectivity index is 2.20. The molecule has 0 saturated heterocycles. The fraction of sp³-hybridized carbons (Fsp3) is 0.381. The number of nitrogens with zero attached hydrogens (tertiary/aromatic N) is 2. The van der Waals surface area contributed by atoms with Crippen molar-refractivity contribution in [3.63, 3.8) is 0 Å². The van der Waals surface area contributed by atoms with Gasteiger partial charge in [0.15, 0.2) is 11.5 Å². The number of ether oxygens (including phenoxy) is 3. The van der Waals surface area contributed by atoms with Gasteiger partial charge in [0, 0.05) is 48.3 Å². The van der Waals surface area contributed by atoms with Gasteiger partial charge >= 0.3 is 0 Å². The molecule has 6 heteroatoms. The zero-order valence-electron chi connectivity index (χ0n) is 16.7. The van der Waals surface area contributed by atoms with Crippen LogP contribution in [0.5, 0.6) is 23.0 Å². The van der Waals surface area contributed by atoms with Gasteiger partial charge < -0.3 is 24.2 Å². The third-order valence-corrected chi connectivity index (χ3v) is 4.42. The summed E-state index contributed by atoms with van der Waals surface area (Å²) >= 11 is 0. The minimum atomic E-state index is 0.211. The summed E-state index contributed by atoms with van der Waals surface area (Å²) in [5.74, 6) is 2.11. The average molecular weight is 372 g/mol. The van der Waals surface area contributed by atoms with Crippen LogP contribution in [-0.2, 0) is 6.54 Å². The molecule has 0 aliphatic rings. The van der Waals surface area contributed by atoms with Crippen LogP contribution < -0.4 is 19.1 Å². The molecule has 0 spiro atoms. The lowest BCUT2D eigenvalue weighted by Crippen LogP contribution is -2.21. The summed E-state index contributed by atoms with van der Waals surface area (Å²) in [5.41, 5.74) is 2.53. The van der Waals surface area contributed by atoms with E-state index in [4.69, 9.17) is 14.2 Å². The molecule has 2 aromatic carbocycles. The predicted molar refractivity (Wildman–Crippen MR) is 109 cm³/mol. The molecule has 0 atom stereocenters. The molecule has 2 rings (SSSR count). The van der Waals surface area contributed by atoms with Crippen molar-refractivity contribution in [1.82, 2.24) is 0 Å². The number of phenolic OH excluding ortho intramolecular Hbond substituents is 1. The number of anilines is 1. The number of rotatable bonds is 9. The Kier molecular flexibility index (Phi) is 7.34. The lowest BCUT2D eigenvalue weighted by Gasteiger charge is -2.21. The minimum Gasteiger partial charge on any atom is -0.507 e. The number of hydrogen-bond donors (Lipinski definition) is 1. The molecule has 0 aromatic heterocycles. The Morgan fingerprint density at radius 1 is 0.926 bits per heavy atom. The number of benzene rings is 2. The number of phenols is 1. The molecular formula is C21H28N2O4. The van der Waals surface area contributed by atoms with Crippen molar-refractivity contribution in [3.8, 4) is 23.0 Å². The van der Waals surface area contributed by atoms with Gasteiger partial charge in [0.2, 0.25) is 0 Å². The second kappa shape index (κ2) is 9.71. The molecule has 0 bridgehead atoms. The van der Waals surface area contributed by atoms with Crippen molar-refractivity contribution in [2.75, 3.05) is 39.3 Å². The Bertz CT molecular complexity index is 786. The fourth-order valence-corrected chi connectivity index (χ4v) is 2.89. The van der Waals surface area contributed by atoms with Crippen molar-refractivity contribution in [2.24, 2.45) is 4.99 Å². The van der Waals surface area contributed by atoms with Crippen LogP contribution in [-0.4, -0.2) is 45.7 Å². The van der Waals surface area contributed by atoms with Gasteiger partial charge in [0.25, 0.3) is 0 Å². The van der Waals surface area contributed by atoms with Crippen LogP contribution >= 0.6 is 0 Å². The topological polar surface area (TPSA) is 63.5 Å². The summed E-state index contributed by atoms with van der Waals surface area (Å²) in [5, 5.41) is 10.3. The number of methoxy groups -OCH3 is 3. The van der Waals surface area contributed by atoms with Gasteiger partial charge in [0.1, 0.15) is 11.5 Å². The fourth-order valence-electron chi connectivity index (χ4n) is 2.89. The van der Waals surface area contributed by atoms with E-state index in [0.717, 1.165) is 24.3 Å². The summed E-state index contributed by atoms with van der Waals surface area (Å²) in [6, 6.07) is 9.26. The van der Waals surface area contributed by atoms with Crippen molar-refractivity contribution >= 4 is 11.9 Å². The van der Waals surface area contributed by atoms with E-state index in [0.29, 0.717) is 29.4 Å². The number of aliphatic imine (C=N–C) groups is 1. The summed E-state index contributed by atoms with van der Waals surface area (Å²) < 4.78 is 16.0. The Morgan fingerprint density at radius 2 is 1.56 bits per heavy atom. The molecule has 0 aliphatic carbocycles. The standard InChI is InChI=1S/C21H28N2O4/c1-6-23(7-2)17-9-8-15(18(24)11-17)13-22-14-16-10-20(26-4)21(27-5)12-19(16)25-3/h8-13,24H,6-7,14H2,1-5H3. The van der Waals surface area contributed by atoms with E-state index in [-0.39, 0.29) is 5.75 Å². The largest absolute Gasteiger partial charge is 0.507 e. The Morgan fingerprint density at radius 3 is 2.11 bits per heavy atom. The molecule has 146 valence electrons. The average Bonchev–Trinajstić information content (AvgIpc) is 2.69. The number of aromatic hydroxyl groups is 1. The molecule has 6 nitrogen and oxygen atoms in total. The van der Waals surface area contributed by atoms with Crippen molar-refractivity contribution in [2.45, 2.75) is 20.4 Å². The quantitative estimate of drug-likeness (QED) is 0.677. The highest BCUT2D eigenvalue weighted by molar-refractivity contribution is 5.84. The zero-order chi connectivity index (χ0) is 19.8. The highest BCUT2D eigenvalue weighted by Gasteiger charge is 2.11. The van der Waals surface area contributed by atoms with Crippen molar-refractivity contribution < 1.29 is 19.3 Å². The highest BCUT2D eigenvalue weighted by Crippen LogP contribution is 2.35. The van der Waals surface area contributed by atoms with Gasteiger partial charge in [-0.1, -0.05) is 0 Å². The van der Waals surface area contributed by atoms with E-state index in [2.05, 4.69) is 23.7 Å². The second-order valence-electron chi connectivity index (χ2n) is 5.90. The van der Waals surface area contributed by atoms with Crippen molar-refractivity contribution in [1.29, 1.82) is 0 Å². The van der Waals surface area contributed by atoms with Gasteiger partial charge in [-0.2, -0.15) is 0 Å². The van der Waals surface area contributed by atoms with Crippen LogP contribution in [0.2, 0.25) is 0 Å². The van der Waals surface area contributed by atoms with E-state index in [1.165, 1.54) is 0 Å². The maximum Gasteiger partial charge on any atom is 0.164 e. The van der Waals surface area contributed by atoms with Gasteiger partial charge in [-0.05, 0) is 32.0 Å². The molecule has 1 N–H and O–H groups in total. The van der Waals surface area contributed by atoms with Crippen LogP contribution in [0, 0.1) is 0 Å². The van der Waals surface area contributed by atoms with Crippen LogP contribution in [0.3, 0.4) is 0 Å². The second-order valence-corrected chi connectivity index (χ2v) is 5.90. The molecule has 0 aliphatic heterocycles. The first-order valence-electron chi connectivity index (χ1n) is 8.94. The lowest BCUT2D eigenvalue weighted by molar-refractivity contribution is 0.347. The van der Waals surface area contributed by atoms with E-state index in [1.54, 1.807) is 39.7 Å². The Hall–Kier alpha value is -2.89. The number of hydrogen-bond acceptors (Lipinski definition) is 6. The maximum atomic E-state index is 10.3. The summed E-state index contributed by atoms with van der Waals surface area (Å²) in [7, 11) is 4.78. The van der Waals surface area contributed by atoms with Crippen LogP contribution in [0.25, 0.3) is 0 Å². The van der Waals surface area contributed by atoms with Gasteiger partial charge in [0.05, 0.1) is 27.9 Å². The van der Waals surface area contributed by atoms with E-state index in [1.807, 2.05) is 18.2 Å². The minimum absolute atomic E-state index is 0.211. The molecule has 0 saturated carbocycles. The van der Waals surface area contributed by atoms with E-state index < -0.39 is 0 Å². The van der Waals surface area contributed by atoms with Crippen LogP contribution in [0.1, 0.15) is 25.0 Å². The van der Waals surface area contributed by atoms with E-state index in [9.17, 15) is 5.11 Å². The molecule has 0 amide bonds. The molecule has 0 fully saturated rings. The van der Waals surface area contributed by atoms with Crippen LogP contribution in [0.4, 0.5) is 5.69 Å². The summed E-state index contributed by atoms with van der Waals surface area (Å²) in [6.45, 7) is 6.35. The first-order chi connectivity index (χ1) is 13.1. The summed E-state index contributed by atoms with van der Waals surface area (Å²) in [6.07, 6.45) is 1.66. The monoisotopic (exact) mass is 372 g/mol. The molecule has 0 unspecified atom stereocenters. The third kappa shape index (κ3) is 4.84. The molecule has 0 heterocycles. The molecule has 2 aromatic rings. The lowest BCUT2D eigenvalue weighted by atomic mass is 10.1. The third-order valence-electron chi connectivity index (χ3n) is 4.42. The first kappa shape index (κ1) is 20.4. The molecular weight excluding hydrogens is 344 g/mol. The van der Waals surface area contributed by atoms with Crippen LogP contribution in [0.15, 0.2) is 35.3 Å². The van der Waals surface area contributed by atoms with Gasteiger partial charge in [-0.15, -0.1) is 0 Å². The first-order valence-corrected chi connectivity index (χ1v) is 8.94. The molecule has 0 radical (unpaired) electrons. The van der Waals surface area contributed by atoms with Gasteiger partial charge in [-0.25, -0.2) is 0 Å². The van der Waals surface area contributed by atoms with E-state index >= 15 is 0 Å².